The molecule has 25 heavy (non-hydrogen) atoms. The molecule has 0 bridgehead atoms. The van der Waals surface area contributed by atoms with E-state index in [1.54, 1.807) is 29.7 Å². The van der Waals surface area contributed by atoms with Gasteiger partial charge in [-0.25, -0.2) is 9.37 Å². The topological polar surface area (TPSA) is 38.5 Å². The van der Waals surface area contributed by atoms with E-state index in [0.717, 1.165) is 22.7 Å². The van der Waals surface area contributed by atoms with E-state index in [2.05, 4.69) is 9.88 Å². The van der Waals surface area contributed by atoms with Crippen molar-refractivity contribution in [1.29, 1.82) is 0 Å². The summed E-state index contributed by atoms with van der Waals surface area (Å²) in [6, 6.07) is 8.72. The summed E-state index contributed by atoms with van der Waals surface area (Å²) < 4.78 is 25.0. The van der Waals surface area contributed by atoms with Gasteiger partial charge in [-0.15, -0.1) is 11.3 Å². The van der Waals surface area contributed by atoms with Crippen LogP contribution in [0, 0.1) is 5.82 Å². The van der Waals surface area contributed by atoms with Crippen molar-refractivity contribution in [3.8, 4) is 10.6 Å². The highest BCUT2D eigenvalue weighted by molar-refractivity contribution is 7.13. The van der Waals surface area contributed by atoms with Crippen LogP contribution in [0.5, 0.6) is 0 Å². The molecule has 0 aliphatic carbocycles. The summed E-state index contributed by atoms with van der Waals surface area (Å²) >= 11 is 7.51. The fourth-order valence-electron chi connectivity index (χ4n) is 2.87. The minimum Gasteiger partial charge on any atom is -0.438 e. The first-order valence-corrected chi connectivity index (χ1v) is 9.22. The molecule has 0 N–H and O–H groups in total. The predicted molar refractivity (Wildman–Crippen MR) is 95.2 cm³/mol. The van der Waals surface area contributed by atoms with Crippen molar-refractivity contribution < 1.29 is 13.5 Å². The number of morpholine rings is 1. The smallest absolute Gasteiger partial charge is 0.209 e. The van der Waals surface area contributed by atoms with Crippen LogP contribution in [0.4, 0.5) is 4.39 Å². The maximum atomic E-state index is 13.3. The summed E-state index contributed by atoms with van der Waals surface area (Å²) in [6.07, 6.45) is 1.62. The number of hydrogen-bond donors (Lipinski definition) is 0. The first kappa shape index (κ1) is 16.7. The van der Waals surface area contributed by atoms with Gasteiger partial charge in [0.2, 0.25) is 5.89 Å². The monoisotopic (exact) mass is 378 g/mol. The lowest BCUT2D eigenvalue weighted by Gasteiger charge is -2.32. The first-order valence-electron chi connectivity index (χ1n) is 7.96. The number of thiophene rings is 1. The van der Waals surface area contributed by atoms with Crippen LogP contribution in [-0.4, -0.2) is 29.6 Å². The van der Waals surface area contributed by atoms with Crippen LogP contribution >= 0.6 is 22.9 Å². The zero-order valence-corrected chi connectivity index (χ0v) is 14.9. The van der Waals surface area contributed by atoms with Gasteiger partial charge in [-0.3, -0.25) is 4.90 Å². The number of oxazole rings is 1. The molecule has 1 aromatic carbocycles. The third-order valence-corrected chi connectivity index (χ3v) is 5.32. The van der Waals surface area contributed by atoms with Gasteiger partial charge in [-0.05, 0) is 29.1 Å². The minimum absolute atomic E-state index is 0.117. The Morgan fingerprint density at radius 1 is 1.36 bits per heavy atom. The Kier molecular flexibility index (Phi) is 4.85. The maximum Gasteiger partial charge on any atom is 0.209 e. The second kappa shape index (κ2) is 7.25. The van der Waals surface area contributed by atoms with Crippen LogP contribution in [-0.2, 0) is 11.3 Å². The van der Waals surface area contributed by atoms with E-state index in [-0.39, 0.29) is 11.1 Å². The number of ether oxygens (including phenoxy) is 1. The fourth-order valence-corrected chi connectivity index (χ4v) is 3.73. The van der Waals surface area contributed by atoms with Crippen molar-refractivity contribution in [2.24, 2.45) is 0 Å². The van der Waals surface area contributed by atoms with Gasteiger partial charge in [-0.2, -0.15) is 0 Å². The summed E-state index contributed by atoms with van der Waals surface area (Å²) in [7, 11) is 0. The van der Waals surface area contributed by atoms with Crippen LogP contribution in [0.25, 0.3) is 10.6 Å². The van der Waals surface area contributed by atoms with E-state index in [0.29, 0.717) is 25.6 Å². The molecule has 3 heterocycles. The third kappa shape index (κ3) is 3.77. The molecule has 1 aliphatic heterocycles. The normalized spacial score (nSPS) is 18.6. The summed E-state index contributed by atoms with van der Waals surface area (Å²) in [4.78, 5) is 7.66. The van der Waals surface area contributed by atoms with Crippen LogP contribution in [0.15, 0.2) is 46.3 Å². The Morgan fingerprint density at radius 2 is 2.28 bits per heavy atom. The molecular weight excluding hydrogens is 363 g/mol. The number of rotatable bonds is 4. The highest BCUT2D eigenvalue weighted by Gasteiger charge is 2.24. The van der Waals surface area contributed by atoms with Crippen molar-refractivity contribution in [1.82, 2.24) is 9.88 Å². The van der Waals surface area contributed by atoms with Crippen molar-refractivity contribution in [3.63, 3.8) is 0 Å². The molecule has 1 unspecified atom stereocenters. The summed E-state index contributed by atoms with van der Waals surface area (Å²) in [5, 5.41) is 2.13. The average molecular weight is 379 g/mol. The van der Waals surface area contributed by atoms with Crippen molar-refractivity contribution in [2.45, 2.75) is 12.6 Å². The Morgan fingerprint density at radius 3 is 3.08 bits per heavy atom. The molecule has 3 aromatic rings. The number of halogens is 2. The van der Waals surface area contributed by atoms with Crippen molar-refractivity contribution >= 4 is 22.9 Å². The second-order valence-electron chi connectivity index (χ2n) is 5.86. The van der Waals surface area contributed by atoms with Crippen molar-refractivity contribution in [3.05, 3.63) is 64.2 Å². The summed E-state index contributed by atoms with van der Waals surface area (Å²) in [5.74, 6) is 1.06. The molecule has 4 rings (SSSR count). The quantitative estimate of drug-likeness (QED) is 0.655. The van der Waals surface area contributed by atoms with E-state index in [9.17, 15) is 4.39 Å². The lowest BCUT2D eigenvalue weighted by molar-refractivity contribution is -0.0351. The molecule has 130 valence electrons. The molecule has 0 amide bonds. The zero-order chi connectivity index (χ0) is 17.2. The van der Waals surface area contributed by atoms with E-state index in [1.807, 2.05) is 17.5 Å². The number of nitrogens with zero attached hydrogens (tertiary/aromatic N) is 2. The average Bonchev–Trinajstić information content (AvgIpc) is 3.29. The third-order valence-electron chi connectivity index (χ3n) is 4.14. The molecule has 0 spiro atoms. The van der Waals surface area contributed by atoms with E-state index < -0.39 is 5.82 Å². The van der Waals surface area contributed by atoms with Crippen LogP contribution in [0.3, 0.4) is 0 Å². The maximum absolute atomic E-state index is 13.3. The fraction of sp³-hybridized carbons (Fsp3) is 0.278. The molecule has 1 atom stereocenters. The largest absolute Gasteiger partial charge is 0.438 e. The summed E-state index contributed by atoms with van der Waals surface area (Å²) in [6.45, 7) is 2.68. The highest BCUT2D eigenvalue weighted by Crippen LogP contribution is 2.28. The molecule has 0 radical (unpaired) electrons. The Labute approximate surface area is 153 Å². The molecule has 4 nitrogen and oxygen atoms in total. The van der Waals surface area contributed by atoms with Crippen LogP contribution < -0.4 is 0 Å². The molecule has 7 heteroatoms. The lowest BCUT2D eigenvalue weighted by atomic mass is 10.1. The summed E-state index contributed by atoms with van der Waals surface area (Å²) in [5.41, 5.74) is 0.878. The Balaban J connectivity index is 1.44. The van der Waals surface area contributed by atoms with Gasteiger partial charge in [0, 0.05) is 13.1 Å². The predicted octanol–water partition coefficient (Wildman–Crippen LogP) is 4.77. The van der Waals surface area contributed by atoms with Gasteiger partial charge >= 0.3 is 0 Å². The molecule has 1 fully saturated rings. The van der Waals surface area contributed by atoms with Gasteiger partial charge in [0.1, 0.15) is 5.82 Å². The zero-order valence-electron chi connectivity index (χ0n) is 13.3. The van der Waals surface area contributed by atoms with Gasteiger partial charge in [0.25, 0.3) is 0 Å². The Bertz CT molecular complexity index is 853. The molecule has 1 aliphatic rings. The lowest BCUT2D eigenvalue weighted by Crippen LogP contribution is -2.37. The van der Waals surface area contributed by atoms with E-state index in [4.69, 9.17) is 20.8 Å². The molecule has 0 saturated carbocycles. The van der Waals surface area contributed by atoms with Gasteiger partial charge in [0.05, 0.1) is 35.4 Å². The molecular formula is C18H16ClFN2O2S. The first-order chi connectivity index (χ1) is 12.2. The molecule has 2 aromatic heterocycles. The number of hydrogen-bond acceptors (Lipinski definition) is 5. The number of benzene rings is 1. The van der Waals surface area contributed by atoms with Gasteiger partial charge in [-0.1, -0.05) is 23.7 Å². The van der Waals surface area contributed by atoms with Crippen molar-refractivity contribution in [2.75, 3.05) is 19.7 Å². The van der Waals surface area contributed by atoms with Crippen LogP contribution in [0.2, 0.25) is 5.02 Å². The minimum atomic E-state index is -0.418. The second-order valence-corrected chi connectivity index (χ2v) is 7.22. The van der Waals surface area contributed by atoms with Gasteiger partial charge < -0.3 is 9.15 Å². The molecule has 1 saturated heterocycles. The highest BCUT2D eigenvalue weighted by atomic mass is 35.5. The number of aromatic nitrogens is 1. The standard InChI is InChI=1S/C18H16ClFN2O2S/c19-13-8-12(3-4-14(13)20)16-10-22(5-6-23-16)11-18-21-9-15(24-18)17-2-1-7-25-17/h1-4,7-9,16H,5-6,10-11H2. The Hall–Kier alpha value is -1.73. The van der Waals surface area contributed by atoms with E-state index >= 15 is 0 Å². The van der Waals surface area contributed by atoms with Crippen LogP contribution in [0.1, 0.15) is 17.6 Å². The SMILES string of the molecule is Fc1ccc(C2CN(Cc3ncc(-c4cccs4)o3)CCO2)cc1Cl. The van der Waals surface area contributed by atoms with Gasteiger partial charge in [0.15, 0.2) is 5.76 Å². The van der Waals surface area contributed by atoms with E-state index in [1.165, 1.54) is 6.07 Å².